The van der Waals surface area contributed by atoms with Crippen molar-refractivity contribution in [3.63, 3.8) is 0 Å². The molecule has 10 heavy (non-hydrogen) atoms. The lowest BCUT2D eigenvalue weighted by molar-refractivity contribution is 1.03. The van der Waals surface area contributed by atoms with E-state index in [4.69, 9.17) is 23.1 Å². The van der Waals surface area contributed by atoms with Crippen LogP contribution in [0.5, 0.6) is 0 Å². The highest BCUT2D eigenvalue weighted by Crippen LogP contribution is 2.16. The summed E-state index contributed by atoms with van der Waals surface area (Å²) in [6.07, 6.45) is 0. The molecule has 0 amide bonds. The summed E-state index contributed by atoms with van der Waals surface area (Å²) < 4.78 is 0. The van der Waals surface area contributed by atoms with E-state index < -0.39 is 0 Å². The summed E-state index contributed by atoms with van der Waals surface area (Å²) in [5.74, 6) is 0. The van der Waals surface area contributed by atoms with Crippen molar-refractivity contribution in [2.24, 2.45) is 0 Å². The van der Waals surface area contributed by atoms with Crippen LogP contribution in [0.2, 0.25) is 5.02 Å². The van der Waals surface area contributed by atoms with E-state index in [-0.39, 0.29) is 6.54 Å². The van der Waals surface area contributed by atoms with Gasteiger partial charge in [0.05, 0.1) is 0 Å². The first-order chi connectivity index (χ1) is 4.74. The molecule has 1 radical (unpaired) electrons. The van der Waals surface area contributed by atoms with Crippen LogP contribution in [0.3, 0.4) is 0 Å². The number of nitrogen functional groups attached to an aromatic ring is 1. The minimum atomic E-state index is 0.187. The van der Waals surface area contributed by atoms with Crippen LogP contribution in [0.4, 0.5) is 5.69 Å². The third-order valence-corrected chi connectivity index (χ3v) is 1.53. The van der Waals surface area contributed by atoms with Gasteiger partial charge in [0, 0.05) is 17.3 Å². The molecule has 0 aliphatic heterocycles. The van der Waals surface area contributed by atoms with Crippen LogP contribution in [0, 0.1) is 0 Å². The summed E-state index contributed by atoms with van der Waals surface area (Å²) in [6.45, 7) is 0.187. The van der Waals surface area contributed by atoms with Gasteiger partial charge in [0.15, 0.2) is 0 Å². The predicted molar refractivity (Wildman–Crippen MR) is 42.7 cm³/mol. The maximum atomic E-state index is 7.04. The van der Waals surface area contributed by atoms with Gasteiger partial charge in [-0.3, -0.25) is 5.73 Å². The van der Waals surface area contributed by atoms with Crippen molar-refractivity contribution in [3.8, 4) is 0 Å². The molecule has 0 fully saturated rings. The molecule has 1 aromatic carbocycles. The summed E-state index contributed by atoms with van der Waals surface area (Å²) in [4.78, 5) is 0. The van der Waals surface area contributed by atoms with E-state index in [2.05, 4.69) is 0 Å². The second-order valence-corrected chi connectivity index (χ2v) is 2.46. The van der Waals surface area contributed by atoms with Gasteiger partial charge in [0.25, 0.3) is 0 Å². The number of benzene rings is 1. The van der Waals surface area contributed by atoms with E-state index in [1.807, 2.05) is 0 Å². The Bertz CT molecular complexity index is 235. The Morgan fingerprint density at radius 2 is 2.20 bits per heavy atom. The summed E-state index contributed by atoms with van der Waals surface area (Å²) in [5.41, 5.74) is 14.0. The molecule has 3 N–H and O–H groups in total. The van der Waals surface area contributed by atoms with Crippen molar-refractivity contribution in [1.29, 1.82) is 0 Å². The molecule has 0 unspecified atom stereocenters. The van der Waals surface area contributed by atoms with Crippen molar-refractivity contribution in [2.45, 2.75) is 6.54 Å². The molecular formula is C7H8ClN2. The van der Waals surface area contributed by atoms with Crippen LogP contribution in [-0.2, 0) is 6.54 Å². The van der Waals surface area contributed by atoms with Gasteiger partial charge in [-0.1, -0.05) is 11.6 Å². The third kappa shape index (κ3) is 1.40. The molecule has 1 rings (SSSR count). The fourth-order valence-electron chi connectivity index (χ4n) is 0.727. The van der Waals surface area contributed by atoms with Crippen molar-refractivity contribution >= 4 is 17.3 Å². The van der Waals surface area contributed by atoms with Gasteiger partial charge in [0.1, 0.15) is 0 Å². The van der Waals surface area contributed by atoms with Crippen LogP contribution >= 0.6 is 11.6 Å². The average Bonchev–Trinajstić information content (AvgIpc) is 1.94. The molecule has 53 valence electrons. The minimum Gasteiger partial charge on any atom is -0.398 e. The zero-order chi connectivity index (χ0) is 7.56. The summed E-state index contributed by atoms with van der Waals surface area (Å²) in [7, 11) is 0. The van der Waals surface area contributed by atoms with Crippen molar-refractivity contribution in [3.05, 3.63) is 28.8 Å². The molecule has 0 aliphatic rings. The van der Waals surface area contributed by atoms with Crippen molar-refractivity contribution in [2.75, 3.05) is 5.73 Å². The molecule has 0 bridgehead atoms. The van der Waals surface area contributed by atoms with Gasteiger partial charge < -0.3 is 5.73 Å². The van der Waals surface area contributed by atoms with Crippen molar-refractivity contribution in [1.82, 2.24) is 5.73 Å². The Morgan fingerprint density at radius 1 is 1.50 bits per heavy atom. The lowest BCUT2D eigenvalue weighted by Gasteiger charge is -2.00. The minimum absolute atomic E-state index is 0.187. The van der Waals surface area contributed by atoms with E-state index in [1.165, 1.54) is 0 Å². The Morgan fingerprint density at radius 3 is 2.70 bits per heavy atom. The Balaban J connectivity index is 3.09. The molecule has 1 aromatic rings. The van der Waals surface area contributed by atoms with Crippen LogP contribution in [0.15, 0.2) is 18.2 Å². The molecule has 0 spiro atoms. The van der Waals surface area contributed by atoms with E-state index in [9.17, 15) is 0 Å². The SMILES string of the molecule is [NH]Cc1cc(Cl)ccc1N. The summed E-state index contributed by atoms with van der Waals surface area (Å²) in [5, 5.41) is 0.636. The maximum Gasteiger partial charge on any atom is 0.0410 e. The molecule has 0 heterocycles. The van der Waals surface area contributed by atoms with Gasteiger partial charge >= 0.3 is 0 Å². The fraction of sp³-hybridized carbons (Fsp3) is 0.143. The quantitative estimate of drug-likeness (QED) is 0.617. The zero-order valence-electron chi connectivity index (χ0n) is 5.39. The first-order valence-electron chi connectivity index (χ1n) is 2.92. The molecule has 0 aliphatic carbocycles. The number of anilines is 1. The van der Waals surface area contributed by atoms with Crippen LogP contribution < -0.4 is 11.5 Å². The van der Waals surface area contributed by atoms with Crippen LogP contribution in [0.25, 0.3) is 0 Å². The second kappa shape index (κ2) is 2.90. The molecule has 3 heteroatoms. The summed E-state index contributed by atoms with van der Waals surface area (Å²) >= 11 is 5.66. The number of hydrogen-bond donors (Lipinski definition) is 1. The van der Waals surface area contributed by atoms with Crippen molar-refractivity contribution < 1.29 is 0 Å². The van der Waals surface area contributed by atoms with Gasteiger partial charge in [-0.05, 0) is 23.8 Å². The highest BCUT2D eigenvalue weighted by atomic mass is 35.5. The standard InChI is InChI=1S/C7H8ClN2/c8-6-1-2-7(10)5(3-6)4-9/h1-3,9H,4,10H2. The fourth-order valence-corrected chi connectivity index (χ4v) is 0.922. The molecule has 2 nitrogen and oxygen atoms in total. The first-order valence-corrected chi connectivity index (χ1v) is 3.30. The predicted octanol–water partition coefficient (Wildman–Crippen LogP) is 1.71. The number of nitrogens with one attached hydrogen (secondary N) is 1. The lowest BCUT2D eigenvalue weighted by Crippen LogP contribution is -1.93. The Labute approximate surface area is 64.8 Å². The maximum absolute atomic E-state index is 7.04. The monoisotopic (exact) mass is 155 g/mol. The van der Waals surface area contributed by atoms with Gasteiger partial charge in [-0.25, -0.2) is 0 Å². The van der Waals surface area contributed by atoms with E-state index in [0.29, 0.717) is 10.7 Å². The smallest absolute Gasteiger partial charge is 0.0410 e. The zero-order valence-corrected chi connectivity index (χ0v) is 6.15. The Kier molecular flexibility index (Phi) is 2.14. The van der Waals surface area contributed by atoms with Crippen LogP contribution in [-0.4, -0.2) is 0 Å². The lowest BCUT2D eigenvalue weighted by atomic mass is 10.2. The highest BCUT2D eigenvalue weighted by Gasteiger charge is 1.96. The van der Waals surface area contributed by atoms with E-state index in [1.54, 1.807) is 18.2 Å². The molecular weight excluding hydrogens is 148 g/mol. The number of rotatable bonds is 1. The average molecular weight is 156 g/mol. The summed E-state index contributed by atoms with van der Waals surface area (Å²) in [6, 6.07) is 5.14. The molecule has 0 saturated heterocycles. The van der Waals surface area contributed by atoms with Gasteiger partial charge in [-0.2, -0.15) is 0 Å². The van der Waals surface area contributed by atoms with E-state index >= 15 is 0 Å². The number of nitrogens with two attached hydrogens (primary N) is 1. The first kappa shape index (κ1) is 7.38. The van der Waals surface area contributed by atoms with Crippen LogP contribution in [0.1, 0.15) is 5.56 Å². The van der Waals surface area contributed by atoms with Gasteiger partial charge in [-0.15, -0.1) is 0 Å². The molecule has 0 saturated carbocycles. The largest absolute Gasteiger partial charge is 0.398 e. The molecule has 0 atom stereocenters. The van der Waals surface area contributed by atoms with Gasteiger partial charge in [0.2, 0.25) is 0 Å². The Hall–Kier alpha value is -0.730. The topological polar surface area (TPSA) is 49.8 Å². The number of hydrogen-bond acceptors (Lipinski definition) is 1. The second-order valence-electron chi connectivity index (χ2n) is 2.02. The highest BCUT2D eigenvalue weighted by molar-refractivity contribution is 6.30. The normalized spacial score (nSPS) is 9.80. The third-order valence-electron chi connectivity index (χ3n) is 1.30. The number of halogens is 1. The molecule has 0 aromatic heterocycles. The van der Waals surface area contributed by atoms with E-state index in [0.717, 1.165) is 5.56 Å².